The van der Waals surface area contributed by atoms with Gasteiger partial charge in [0, 0.05) is 5.88 Å². The summed E-state index contributed by atoms with van der Waals surface area (Å²) in [7, 11) is 6.00. The summed E-state index contributed by atoms with van der Waals surface area (Å²) in [6.07, 6.45) is 0. The van der Waals surface area contributed by atoms with Gasteiger partial charge >= 0.3 is 0 Å². The molecule has 0 fully saturated rings. The van der Waals surface area contributed by atoms with Gasteiger partial charge in [-0.2, -0.15) is 0 Å². The first-order chi connectivity index (χ1) is 6.06. The van der Waals surface area contributed by atoms with Gasteiger partial charge in [0.1, 0.15) is 0 Å². The van der Waals surface area contributed by atoms with Crippen molar-refractivity contribution >= 4 is 11.6 Å². The maximum atomic E-state index is 5.58. The van der Waals surface area contributed by atoms with Crippen LogP contribution in [0, 0.1) is 6.92 Å². The van der Waals surface area contributed by atoms with E-state index in [1.54, 1.807) is 0 Å². The fourth-order valence-electron chi connectivity index (χ4n) is 0.677. The van der Waals surface area contributed by atoms with Gasteiger partial charge in [-0.15, -0.1) is 11.6 Å². The molecular formula is C11H18ClN. The van der Waals surface area contributed by atoms with Crippen molar-refractivity contribution in [2.75, 3.05) is 21.1 Å². The summed E-state index contributed by atoms with van der Waals surface area (Å²) in [4.78, 5) is 2.00. The Kier molecular flexibility index (Phi) is 6.65. The lowest BCUT2D eigenvalue weighted by molar-refractivity contribution is 0.505. The highest BCUT2D eigenvalue weighted by atomic mass is 35.5. The molecule has 0 bridgehead atoms. The molecular weight excluding hydrogens is 182 g/mol. The fourth-order valence-corrected chi connectivity index (χ4v) is 0.855. The van der Waals surface area contributed by atoms with Crippen molar-refractivity contribution < 1.29 is 0 Å². The zero-order valence-corrected chi connectivity index (χ0v) is 9.60. The summed E-state index contributed by atoms with van der Waals surface area (Å²) in [5.74, 6) is 0.611. The number of aryl methyl sites for hydroxylation is 1. The SMILES string of the molecule is CN(C)C.Cc1ccc(CCl)cc1. The van der Waals surface area contributed by atoms with E-state index in [0.717, 1.165) is 0 Å². The van der Waals surface area contributed by atoms with Crippen LogP contribution in [0.3, 0.4) is 0 Å². The molecule has 0 aliphatic heterocycles. The average molecular weight is 200 g/mol. The number of nitrogens with zero attached hydrogens (tertiary/aromatic N) is 1. The molecule has 74 valence electrons. The molecule has 0 N–H and O–H groups in total. The lowest BCUT2D eigenvalue weighted by atomic mass is 10.2. The topological polar surface area (TPSA) is 3.24 Å². The molecule has 0 unspecified atom stereocenters. The lowest BCUT2D eigenvalue weighted by Crippen LogP contribution is -1.99. The normalized spacial score (nSPS) is 9.38. The molecule has 1 nitrogen and oxygen atoms in total. The summed E-state index contributed by atoms with van der Waals surface area (Å²) in [5.41, 5.74) is 2.46. The molecule has 13 heavy (non-hydrogen) atoms. The van der Waals surface area contributed by atoms with E-state index >= 15 is 0 Å². The van der Waals surface area contributed by atoms with Gasteiger partial charge in [-0.25, -0.2) is 0 Å². The average Bonchev–Trinajstić information content (AvgIpc) is 2.05. The largest absolute Gasteiger partial charge is 0.312 e. The van der Waals surface area contributed by atoms with Gasteiger partial charge in [-0.1, -0.05) is 29.8 Å². The van der Waals surface area contributed by atoms with Gasteiger partial charge in [-0.05, 0) is 33.6 Å². The van der Waals surface area contributed by atoms with Crippen molar-refractivity contribution in [2.45, 2.75) is 12.8 Å². The van der Waals surface area contributed by atoms with Gasteiger partial charge in [0.05, 0.1) is 0 Å². The maximum Gasteiger partial charge on any atom is 0.0474 e. The minimum atomic E-state index is 0.611. The van der Waals surface area contributed by atoms with E-state index in [1.165, 1.54) is 11.1 Å². The highest BCUT2D eigenvalue weighted by Crippen LogP contribution is 2.04. The molecule has 1 aromatic carbocycles. The molecule has 1 aromatic rings. The summed E-state index contributed by atoms with van der Waals surface area (Å²) in [5, 5.41) is 0. The van der Waals surface area contributed by atoms with Gasteiger partial charge in [-0.3, -0.25) is 0 Å². The predicted octanol–water partition coefficient (Wildman–Crippen LogP) is 2.91. The number of hydrogen-bond acceptors (Lipinski definition) is 1. The first-order valence-corrected chi connectivity index (χ1v) is 4.82. The Balaban J connectivity index is 0.000000310. The Labute approximate surface area is 86.3 Å². The first kappa shape index (κ1) is 12.5. The van der Waals surface area contributed by atoms with E-state index in [2.05, 4.69) is 19.1 Å². The fraction of sp³-hybridized carbons (Fsp3) is 0.455. The summed E-state index contributed by atoms with van der Waals surface area (Å²) >= 11 is 5.58. The summed E-state index contributed by atoms with van der Waals surface area (Å²) < 4.78 is 0. The van der Waals surface area contributed by atoms with Crippen molar-refractivity contribution in [2.24, 2.45) is 0 Å². The smallest absolute Gasteiger partial charge is 0.0474 e. The van der Waals surface area contributed by atoms with E-state index in [0.29, 0.717) is 5.88 Å². The van der Waals surface area contributed by atoms with Crippen molar-refractivity contribution in [1.29, 1.82) is 0 Å². The van der Waals surface area contributed by atoms with Gasteiger partial charge in [0.15, 0.2) is 0 Å². The number of alkyl halides is 1. The van der Waals surface area contributed by atoms with Crippen molar-refractivity contribution in [3.8, 4) is 0 Å². The number of halogens is 1. The van der Waals surface area contributed by atoms with Crippen LogP contribution in [0.5, 0.6) is 0 Å². The van der Waals surface area contributed by atoms with Crippen LogP contribution in [0.15, 0.2) is 24.3 Å². The highest BCUT2D eigenvalue weighted by Gasteiger charge is 1.86. The number of hydrogen-bond donors (Lipinski definition) is 0. The Morgan fingerprint density at radius 2 is 1.46 bits per heavy atom. The van der Waals surface area contributed by atoms with Gasteiger partial charge in [0.25, 0.3) is 0 Å². The van der Waals surface area contributed by atoms with Crippen molar-refractivity contribution in [3.05, 3.63) is 35.4 Å². The van der Waals surface area contributed by atoms with Crippen molar-refractivity contribution in [3.63, 3.8) is 0 Å². The molecule has 0 amide bonds. The van der Waals surface area contributed by atoms with Crippen LogP contribution in [-0.4, -0.2) is 26.0 Å². The van der Waals surface area contributed by atoms with E-state index in [4.69, 9.17) is 11.6 Å². The summed E-state index contributed by atoms with van der Waals surface area (Å²) in [6, 6.07) is 8.22. The minimum absolute atomic E-state index is 0.611. The van der Waals surface area contributed by atoms with Crippen molar-refractivity contribution in [1.82, 2.24) is 4.90 Å². The molecule has 0 atom stereocenters. The molecule has 0 saturated heterocycles. The standard InChI is InChI=1S/C8H9Cl.C3H9N/c1-7-2-4-8(6-9)5-3-7;1-4(2)3/h2-5H,6H2,1H3;1-3H3. The first-order valence-electron chi connectivity index (χ1n) is 4.28. The third-order valence-corrected chi connectivity index (χ3v) is 1.58. The number of benzene rings is 1. The van der Waals surface area contributed by atoms with E-state index in [9.17, 15) is 0 Å². The third kappa shape index (κ3) is 7.82. The zero-order chi connectivity index (χ0) is 10.3. The molecule has 2 heteroatoms. The van der Waals surface area contributed by atoms with E-state index in [1.807, 2.05) is 38.2 Å². The second kappa shape index (κ2) is 6.93. The maximum absolute atomic E-state index is 5.58. The van der Waals surface area contributed by atoms with Crippen LogP contribution in [0.1, 0.15) is 11.1 Å². The monoisotopic (exact) mass is 199 g/mol. The lowest BCUT2D eigenvalue weighted by Gasteiger charge is -1.93. The molecule has 1 rings (SSSR count). The zero-order valence-electron chi connectivity index (χ0n) is 8.84. The Hall–Kier alpha value is -0.530. The second-order valence-electron chi connectivity index (χ2n) is 3.46. The Morgan fingerprint density at radius 3 is 1.77 bits per heavy atom. The van der Waals surface area contributed by atoms with Crippen LogP contribution in [0.25, 0.3) is 0 Å². The van der Waals surface area contributed by atoms with Crippen LogP contribution in [0.4, 0.5) is 0 Å². The molecule has 0 radical (unpaired) electrons. The quantitative estimate of drug-likeness (QED) is 0.629. The van der Waals surface area contributed by atoms with Crippen LogP contribution >= 0.6 is 11.6 Å². The molecule has 0 aromatic heterocycles. The predicted molar refractivity (Wildman–Crippen MR) is 60.3 cm³/mol. The molecule has 0 aliphatic carbocycles. The Bertz CT molecular complexity index is 213. The minimum Gasteiger partial charge on any atom is -0.312 e. The van der Waals surface area contributed by atoms with Gasteiger partial charge in [0.2, 0.25) is 0 Å². The van der Waals surface area contributed by atoms with Crippen LogP contribution in [-0.2, 0) is 5.88 Å². The molecule has 0 aliphatic rings. The van der Waals surface area contributed by atoms with Gasteiger partial charge < -0.3 is 4.90 Å². The summed E-state index contributed by atoms with van der Waals surface area (Å²) in [6.45, 7) is 2.07. The molecule has 0 saturated carbocycles. The third-order valence-electron chi connectivity index (χ3n) is 1.27. The Morgan fingerprint density at radius 1 is 1.08 bits per heavy atom. The van der Waals surface area contributed by atoms with E-state index in [-0.39, 0.29) is 0 Å². The molecule has 0 spiro atoms. The number of rotatable bonds is 1. The van der Waals surface area contributed by atoms with E-state index < -0.39 is 0 Å². The van der Waals surface area contributed by atoms with Crippen LogP contribution in [0.2, 0.25) is 0 Å². The molecule has 0 heterocycles. The van der Waals surface area contributed by atoms with Crippen LogP contribution < -0.4 is 0 Å². The second-order valence-corrected chi connectivity index (χ2v) is 3.73. The highest BCUT2D eigenvalue weighted by molar-refractivity contribution is 6.17.